The summed E-state index contributed by atoms with van der Waals surface area (Å²) < 4.78 is 5.21. The van der Waals surface area contributed by atoms with Crippen LogP contribution >= 0.6 is 11.6 Å². The van der Waals surface area contributed by atoms with E-state index in [1.807, 2.05) is 31.2 Å². The number of halogens is 1. The van der Waals surface area contributed by atoms with Gasteiger partial charge in [-0.25, -0.2) is 4.79 Å². The molecule has 0 bridgehead atoms. The average Bonchev–Trinajstić information content (AvgIpc) is 2.67. The molecule has 0 aliphatic heterocycles. The summed E-state index contributed by atoms with van der Waals surface area (Å²) in [5, 5.41) is 5.74. The normalized spacial score (nSPS) is 12.5. The summed E-state index contributed by atoms with van der Waals surface area (Å²) in [5.41, 5.74) is 7.91. The molecule has 0 heterocycles. The second kappa shape index (κ2) is 10.5. The SMILES string of the molecule is Cc1ccc(CNC(=O)[C@H](C)OC(=O)C[C@H](NC(N)=O)c2ccc(Cl)cc2)cc1. The molecule has 0 radical (unpaired) electrons. The first kappa shape index (κ1) is 22.2. The number of benzene rings is 2. The highest BCUT2D eigenvalue weighted by molar-refractivity contribution is 6.30. The molecule has 2 aromatic carbocycles. The Morgan fingerprint density at radius 3 is 2.28 bits per heavy atom. The molecule has 0 aliphatic carbocycles. The Kier molecular flexibility index (Phi) is 8.03. The lowest BCUT2D eigenvalue weighted by Gasteiger charge is -2.19. The molecule has 3 amide bonds. The summed E-state index contributed by atoms with van der Waals surface area (Å²) in [5.74, 6) is -1.05. The third-order valence-corrected chi connectivity index (χ3v) is 4.48. The van der Waals surface area contributed by atoms with Gasteiger partial charge in [-0.15, -0.1) is 0 Å². The molecule has 0 aliphatic rings. The lowest BCUT2D eigenvalue weighted by Crippen LogP contribution is -2.37. The molecule has 0 unspecified atom stereocenters. The van der Waals surface area contributed by atoms with E-state index < -0.39 is 30.1 Å². The van der Waals surface area contributed by atoms with E-state index >= 15 is 0 Å². The van der Waals surface area contributed by atoms with Crippen LogP contribution in [0.2, 0.25) is 5.02 Å². The van der Waals surface area contributed by atoms with Crippen LogP contribution in [0.3, 0.4) is 0 Å². The fraction of sp³-hybridized carbons (Fsp3) is 0.286. The molecule has 0 spiro atoms. The van der Waals surface area contributed by atoms with Gasteiger partial charge in [-0.05, 0) is 37.1 Å². The lowest BCUT2D eigenvalue weighted by atomic mass is 10.0. The van der Waals surface area contributed by atoms with Crippen molar-refractivity contribution in [3.05, 3.63) is 70.2 Å². The third-order valence-electron chi connectivity index (χ3n) is 4.22. The van der Waals surface area contributed by atoms with Gasteiger partial charge >= 0.3 is 12.0 Å². The first-order valence-electron chi connectivity index (χ1n) is 9.08. The lowest BCUT2D eigenvalue weighted by molar-refractivity contribution is -0.155. The molecule has 0 saturated carbocycles. The van der Waals surface area contributed by atoms with Crippen molar-refractivity contribution in [3.8, 4) is 0 Å². The van der Waals surface area contributed by atoms with E-state index in [1.54, 1.807) is 24.3 Å². The molecule has 2 aromatic rings. The summed E-state index contributed by atoms with van der Waals surface area (Å²) in [6.07, 6.45) is -1.16. The molecule has 154 valence electrons. The second-order valence-electron chi connectivity index (χ2n) is 6.65. The monoisotopic (exact) mass is 417 g/mol. The predicted octanol–water partition coefficient (Wildman–Crippen LogP) is 3.00. The number of primary amides is 1. The van der Waals surface area contributed by atoms with Crippen LogP contribution in [-0.4, -0.2) is 24.0 Å². The quantitative estimate of drug-likeness (QED) is 0.573. The first-order valence-corrected chi connectivity index (χ1v) is 9.46. The van der Waals surface area contributed by atoms with Gasteiger partial charge < -0.3 is 21.1 Å². The molecule has 7 nitrogen and oxygen atoms in total. The van der Waals surface area contributed by atoms with Crippen LogP contribution in [0.1, 0.15) is 36.1 Å². The molecular weight excluding hydrogens is 394 g/mol. The molecular formula is C21H24ClN3O4. The van der Waals surface area contributed by atoms with Crippen LogP contribution in [-0.2, 0) is 20.9 Å². The fourth-order valence-electron chi connectivity index (χ4n) is 2.62. The highest BCUT2D eigenvalue weighted by atomic mass is 35.5. The van der Waals surface area contributed by atoms with E-state index in [2.05, 4.69) is 10.6 Å². The maximum absolute atomic E-state index is 12.3. The van der Waals surface area contributed by atoms with Gasteiger partial charge in [0.1, 0.15) is 0 Å². The number of esters is 1. The Morgan fingerprint density at radius 1 is 1.07 bits per heavy atom. The van der Waals surface area contributed by atoms with E-state index in [9.17, 15) is 14.4 Å². The van der Waals surface area contributed by atoms with Crippen molar-refractivity contribution in [3.63, 3.8) is 0 Å². The smallest absolute Gasteiger partial charge is 0.312 e. The van der Waals surface area contributed by atoms with Crippen molar-refractivity contribution in [2.24, 2.45) is 5.73 Å². The summed E-state index contributed by atoms with van der Waals surface area (Å²) in [6, 6.07) is 12.9. The van der Waals surface area contributed by atoms with Crippen LogP contribution in [0.4, 0.5) is 4.79 Å². The molecule has 0 saturated heterocycles. The number of hydrogen-bond acceptors (Lipinski definition) is 4. The van der Waals surface area contributed by atoms with Crippen molar-refractivity contribution in [1.29, 1.82) is 0 Å². The van der Waals surface area contributed by atoms with E-state index in [4.69, 9.17) is 22.1 Å². The largest absolute Gasteiger partial charge is 0.452 e. The molecule has 29 heavy (non-hydrogen) atoms. The minimum atomic E-state index is -0.979. The molecule has 0 fully saturated rings. The number of ether oxygens (including phenoxy) is 1. The van der Waals surface area contributed by atoms with Crippen LogP contribution in [0.5, 0.6) is 0 Å². The van der Waals surface area contributed by atoms with Crippen LogP contribution in [0.15, 0.2) is 48.5 Å². The maximum Gasteiger partial charge on any atom is 0.312 e. The van der Waals surface area contributed by atoms with Gasteiger partial charge in [-0.3, -0.25) is 9.59 Å². The number of urea groups is 1. The molecule has 8 heteroatoms. The first-order chi connectivity index (χ1) is 13.7. The standard InChI is InChI=1S/C21H24ClN3O4/c1-13-3-5-15(6-4-13)12-24-20(27)14(2)29-19(26)11-18(25-21(23)28)16-7-9-17(22)10-8-16/h3-10,14,18H,11-12H2,1-2H3,(H,24,27)(H3,23,25,28)/t14-,18-/m0/s1. The maximum atomic E-state index is 12.3. The molecule has 2 atom stereocenters. The minimum absolute atomic E-state index is 0.180. The number of nitrogens with two attached hydrogens (primary N) is 1. The zero-order valence-electron chi connectivity index (χ0n) is 16.3. The van der Waals surface area contributed by atoms with Gasteiger partial charge in [0.15, 0.2) is 6.10 Å². The van der Waals surface area contributed by atoms with Crippen LogP contribution in [0, 0.1) is 6.92 Å². The van der Waals surface area contributed by atoms with Gasteiger partial charge in [-0.1, -0.05) is 53.6 Å². The Balaban J connectivity index is 1.90. The Morgan fingerprint density at radius 2 is 1.69 bits per heavy atom. The van der Waals surface area contributed by atoms with Gasteiger partial charge in [0.2, 0.25) is 0 Å². The number of amides is 3. The van der Waals surface area contributed by atoms with E-state index in [0.29, 0.717) is 17.1 Å². The van der Waals surface area contributed by atoms with Gasteiger partial charge in [0, 0.05) is 11.6 Å². The topological polar surface area (TPSA) is 111 Å². The van der Waals surface area contributed by atoms with Crippen LogP contribution < -0.4 is 16.4 Å². The summed E-state index contributed by atoms with van der Waals surface area (Å²) in [6.45, 7) is 3.80. The average molecular weight is 418 g/mol. The number of nitrogens with one attached hydrogen (secondary N) is 2. The zero-order valence-corrected chi connectivity index (χ0v) is 17.0. The second-order valence-corrected chi connectivity index (χ2v) is 7.09. The van der Waals surface area contributed by atoms with E-state index in [1.165, 1.54) is 6.92 Å². The van der Waals surface area contributed by atoms with Gasteiger partial charge in [0.05, 0.1) is 12.5 Å². The predicted molar refractivity (Wildman–Crippen MR) is 110 cm³/mol. The summed E-state index contributed by atoms with van der Waals surface area (Å²) >= 11 is 5.87. The fourth-order valence-corrected chi connectivity index (χ4v) is 2.75. The Labute approximate surface area is 174 Å². The van der Waals surface area contributed by atoms with Crippen molar-refractivity contribution in [2.45, 2.75) is 39.0 Å². The minimum Gasteiger partial charge on any atom is -0.452 e. The third kappa shape index (κ3) is 7.46. The summed E-state index contributed by atoms with van der Waals surface area (Å²) in [7, 11) is 0. The number of aryl methyl sites for hydroxylation is 1. The molecule has 2 rings (SSSR count). The molecule has 0 aromatic heterocycles. The highest BCUT2D eigenvalue weighted by Gasteiger charge is 2.22. The van der Waals surface area contributed by atoms with Crippen molar-refractivity contribution in [2.75, 3.05) is 0 Å². The van der Waals surface area contributed by atoms with Crippen molar-refractivity contribution in [1.82, 2.24) is 10.6 Å². The van der Waals surface area contributed by atoms with E-state index in [-0.39, 0.29) is 6.42 Å². The van der Waals surface area contributed by atoms with Crippen LogP contribution in [0.25, 0.3) is 0 Å². The number of rotatable bonds is 8. The molecule has 4 N–H and O–H groups in total. The van der Waals surface area contributed by atoms with Crippen molar-refractivity contribution < 1.29 is 19.1 Å². The van der Waals surface area contributed by atoms with E-state index in [0.717, 1.165) is 11.1 Å². The Bertz CT molecular complexity index is 853. The van der Waals surface area contributed by atoms with Gasteiger partial charge in [-0.2, -0.15) is 0 Å². The highest BCUT2D eigenvalue weighted by Crippen LogP contribution is 2.20. The van der Waals surface area contributed by atoms with Crippen molar-refractivity contribution >= 4 is 29.5 Å². The Hall–Kier alpha value is -3.06. The summed E-state index contributed by atoms with van der Waals surface area (Å²) in [4.78, 5) is 35.8. The number of hydrogen-bond donors (Lipinski definition) is 3. The zero-order chi connectivity index (χ0) is 21.4. The number of carbonyl (C=O) groups is 3. The number of carbonyl (C=O) groups excluding carboxylic acids is 3. The van der Waals surface area contributed by atoms with Gasteiger partial charge in [0.25, 0.3) is 5.91 Å².